The number of benzene rings is 1. The number of ketones is 1. The van der Waals surface area contributed by atoms with Crippen molar-refractivity contribution >= 4 is 23.5 Å². The third-order valence-electron chi connectivity index (χ3n) is 4.84. The molecule has 1 aromatic carbocycles. The van der Waals surface area contributed by atoms with Crippen LogP contribution >= 0.6 is 11.8 Å². The molecule has 0 radical (unpaired) electrons. The van der Waals surface area contributed by atoms with Crippen LogP contribution in [0.4, 0.5) is 0 Å². The second-order valence-corrected chi connectivity index (χ2v) is 7.81. The Bertz CT molecular complexity index is 1040. The van der Waals surface area contributed by atoms with E-state index in [0.29, 0.717) is 40.7 Å². The summed E-state index contributed by atoms with van der Waals surface area (Å²) in [6.45, 7) is 8.34. The third kappa shape index (κ3) is 4.64. The van der Waals surface area contributed by atoms with Crippen LogP contribution in [0, 0.1) is 13.8 Å². The van der Waals surface area contributed by atoms with Gasteiger partial charge >= 0.3 is 5.97 Å². The number of carbonyl (C=O) groups is 2. The highest BCUT2D eigenvalue weighted by Gasteiger charge is 2.23. The minimum atomic E-state index is -0.410. The van der Waals surface area contributed by atoms with Crippen molar-refractivity contribution in [3.8, 4) is 0 Å². The number of aromatic nitrogens is 4. The van der Waals surface area contributed by atoms with E-state index in [2.05, 4.69) is 27.3 Å². The monoisotopic (exact) mass is 426 g/mol. The molecule has 2 heterocycles. The lowest BCUT2D eigenvalue weighted by Crippen LogP contribution is -2.09. The SMILES string of the molecule is CCOC(=O)c1c(C)[nH]c(C(=O)CSc2nnc(Cc3ccccc3)n2CC)c1C. The predicted molar refractivity (Wildman–Crippen MR) is 116 cm³/mol. The average Bonchev–Trinajstić information content (AvgIpc) is 3.26. The predicted octanol–water partition coefficient (Wildman–Crippen LogP) is 3.99. The summed E-state index contributed by atoms with van der Waals surface area (Å²) in [5.74, 6) is 0.570. The number of nitrogens with zero attached hydrogens (tertiary/aromatic N) is 3. The van der Waals surface area contributed by atoms with Crippen LogP contribution in [0.1, 0.15) is 57.3 Å². The quantitative estimate of drug-likeness (QED) is 0.316. The maximum Gasteiger partial charge on any atom is 0.340 e. The van der Waals surface area contributed by atoms with Crippen LogP contribution in [-0.4, -0.2) is 43.9 Å². The molecule has 0 atom stereocenters. The number of nitrogens with one attached hydrogen (secondary N) is 1. The zero-order chi connectivity index (χ0) is 21.7. The maximum absolute atomic E-state index is 12.8. The Hall–Kier alpha value is -2.87. The number of thioether (sulfide) groups is 1. The molecular formula is C22H26N4O3S. The Morgan fingerprint density at radius 2 is 1.87 bits per heavy atom. The van der Waals surface area contributed by atoms with Gasteiger partial charge in [-0.15, -0.1) is 10.2 Å². The Balaban J connectivity index is 1.72. The van der Waals surface area contributed by atoms with Crippen molar-refractivity contribution in [3.63, 3.8) is 0 Å². The van der Waals surface area contributed by atoms with Gasteiger partial charge in [-0.25, -0.2) is 4.79 Å². The number of esters is 1. The van der Waals surface area contributed by atoms with Crippen molar-refractivity contribution in [2.24, 2.45) is 0 Å². The van der Waals surface area contributed by atoms with Gasteiger partial charge in [0, 0.05) is 18.7 Å². The molecule has 3 rings (SSSR count). The van der Waals surface area contributed by atoms with Crippen molar-refractivity contribution in [2.45, 2.75) is 45.8 Å². The van der Waals surface area contributed by atoms with Crippen molar-refractivity contribution in [3.05, 3.63) is 64.2 Å². The molecule has 0 saturated heterocycles. The lowest BCUT2D eigenvalue weighted by molar-refractivity contribution is 0.0525. The summed E-state index contributed by atoms with van der Waals surface area (Å²) in [6.07, 6.45) is 0.689. The third-order valence-corrected chi connectivity index (χ3v) is 5.81. The number of H-pyrrole nitrogens is 1. The summed E-state index contributed by atoms with van der Waals surface area (Å²) in [4.78, 5) is 28.0. The molecule has 0 aliphatic heterocycles. The summed E-state index contributed by atoms with van der Waals surface area (Å²) in [5.41, 5.74) is 3.30. The van der Waals surface area contributed by atoms with E-state index < -0.39 is 5.97 Å². The molecule has 158 valence electrons. The number of hydrogen-bond donors (Lipinski definition) is 1. The number of ether oxygens (including phenoxy) is 1. The normalized spacial score (nSPS) is 10.9. The zero-order valence-electron chi connectivity index (χ0n) is 17.7. The molecule has 2 aromatic heterocycles. The van der Waals surface area contributed by atoms with E-state index >= 15 is 0 Å². The molecule has 0 unspecified atom stereocenters. The summed E-state index contributed by atoms with van der Waals surface area (Å²) in [6, 6.07) is 10.1. The number of rotatable bonds is 9. The smallest absolute Gasteiger partial charge is 0.340 e. The number of hydrogen-bond acceptors (Lipinski definition) is 6. The van der Waals surface area contributed by atoms with Crippen molar-refractivity contribution in [1.82, 2.24) is 19.7 Å². The summed E-state index contributed by atoms with van der Waals surface area (Å²) in [7, 11) is 0. The van der Waals surface area contributed by atoms with Crippen LogP contribution in [0.3, 0.4) is 0 Å². The fourth-order valence-corrected chi connectivity index (χ4v) is 4.29. The van der Waals surface area contributed by atoms with Crippen molar-refractivity contribution < 1.29 is 14.3 Å². The molecule has 0 amide bonds. The van der Waals surface area contributed by atoms with Gasteiger partial charge in [0.15, 0.2) is 10.9 Å². The number of aromatic amines is 1. The van der Waals surface area contributed by atoms with Crippen molar-refractivity contribution in [2.75, 3.05) is 12.4 Å². The highest BCUT2D eigenvalue weighted by atomic mass is 32.2. The Kier molecular flexibility index (Phi) is 7.10. The molecule has 1 N–H and O–H groups in total. The first-order valence-electron chi connectivity index (χ1n) is 9.94. The molecule has 7 nitrogen and oxygen atoms in total. The first kappa shape index (κ1) is 21.8. The lowest BCUT2D eigenvalue weighted by Gasteiger charge is -2.07. The summed E-state index contributed by atoms with van der Waals surface area (Å²) >= 11 is 1.35. The number of aryl methyl sites for hydroxylation is 1. The summed E-state index contributed by atoms with van der Waals surface area (Å²) in [5, 5.41) is 9.32. The molecule has 0 spiro atoms. The summed E-state index contributed by atoms with van der Waals surface area (Å²) < 4.78 is 7.13. The van der Waals surface area contributed by atoms with Gasteiger partial charge in [0.05, 0.1) is 23.6 Å². The zero-order valence-corrected chi connectivity index (χ0v) is 18.5. The van der Waals surface area contributed by atoms with Crippen LogP contribution in [0.25, 0.3) is 0 Å². The van der Waals surface area contributed by atoms with E-state index in [9.17, 15) is 9.59 Å². The highest BCUT2D eigenvalue weighted by Crippen LogP contribution is 2.23. The van der Waals surface area contributed by atoms with Gasteiger partial charge in [-0.1, -0.05) is 42.1 Å². The first-order chi connectivity index (χ1) is 14.5. The maximum atomic E-state index is 12.8. The van der Waals surface area contributed by atoms with Gasteiger partial charge in [0.1, 0.15) is 5.82 Å². The molecule has 0 fully saturated rings. The fourth-order valence-electron chi connectivity index (χ4n) is 3.39. The fraction of sp³-hybridized carbons (Fsp3) is 0.364. The Morgan fingerprint density at radius 3 is 2.53 bits per heavy atom. The topological polar surface area (TPSA) is 89.9 Å². The van der Waals surface area contributed by atoms with Gasteiger partial charge in [-0.2, -0.15) is 0 Å². The lowest BCUT2D eigenvalue weighted by atomic mass is 10.1. The average molecular weight is 427 g/mol. The molecule has 0 aliphatic rings. The molecular weight excluding hydrogens is 400 g/mol. The van der Waals surface area contributed by atoms with Gasteiger partial charge in [-0.05, 0) is 38.8 Å². The number of carbonyl (C=O) groups excluding carboxylic acids is 2. The highest BCUT2D eigenvalue weighted by molar-refractivity contribution is 7.99. The first-order valence-corrected chi connectivity index (χ1v) is 10.9. The van der Waals surface area contributed by atoms with Crippen LogP contribution in [0.5, 0.6) is 0 Å². The van der Waals surface area contributed by atoms with E-state index in [4.69, 9.17) is 4.74 Å². The van der Waals surface area contributed by atoms with E-state index in [-0.39, 0.29) is 11.5 Å². The van der Waals surface area contributed by atoms with Gasteiger partial charge in [-0.3, -0.25) is 4.79 Å². The second kappa shape index (κ2) is 9.75. The molecule has 30 heavy (non-hydrogen) atoms. The Labute approximate surface area is 180 Å². The molecule has 3 aromatic rings. The second-order valence-electron chi connectivity index (χ2n) is 6.86. The van der Waals surface area contributed by atoms with Gasteiger partial charge < -0.3 is 14.3 Å². The molecule has 8 heteroatoms. The minimum absolute atomic E-state index is 0.0913. The standard InChI is InChI=1S/C22H26N4O3S/c1-5-26-18(12-16-10-8-7-9-11-16)24-25-22(26)30-13-17(27)20-14(3)19(15(4)23-20)21(28)29-6-2/h7-11,23H,5-6,12-13H2,1-4H3. The van der Waals surface area contributed by atoms with E-state index in [0.717, 1.165) is 17.9 Å². The van der Waals surface area contributed by atoms with E-state index in [1.807, 2.05) is 29.7 Å². The van der Waals surface area contributed by atoms with Crippen LogP contribution in [0.15, 0.2) is 35.5 Å². The van der Waals surface area contributed by atoms with Gasteiger partial charge in [0.2, 0.25) is 0 Å². The van der Waals surface area contributed by atoms with Crippen LogP contribution in [0.2, 0.25) is 0 Å². The molecule has 0 aliphatic carbocycles. The van der Waals surface area contributed by atoms with E-state index in [1.165, 1.54) is 11.8 Å². The van der Waals surface area contributed by atoms with Crippen LogP contribution in [-0.2, 0) is 17.7 Å². The van der Waals surface area contributed by atoms with Gasteiger partial charge in [0.25, 0.3) is 0 Å². The molecule has 0 saturated carbocycles. The minimum Gasteiger partial charge on any atom is -0.462 e. The van der Waals surface area contributed by atoms with Crippen molar-refractivity contribution in [1.29, 1.82) is 0 Å². The largest absolute Gasteiger partial charge is 0.462 e. The van der Waals surface area contributed by atoms with E-state index in [1.54, 1.807) is 20.8 Å². The number of Topliss-reactive ketones (excluding diaryl/α,β-unsaturated/α-hetero) is 1. The van der Waals surface area contributed by atoms with Crippen LogP contribution < -0.4 is 0 Å². The Morgan fingerprint density at radius 1 is 1.13 bits per heavy atom. The molecule has 0 bridgehead atoms.